The summed E-state index contributed by atoms with van der Waals surface area (Å²) in [5.41, 5.74) is 1.73. The fraction of sp³-hybridized carbons (Fsp3) is 0.438. The lowest BCUT2D eigenvalue weighted by Crippen LogP contribution is -2.15. The van der Waals surface area contributed by atoms with E-state index >= 15 is 0 Å². The number of aliphatic hydroxyl groups excluding tert-OH is 1. The summed E-state index contributed by atoms with van der Waals surface area (Å²) in [6.07, 6.45) is 0.882. The van der Waals surface area contributed by atoms with Crippen LogP contribution in [0.4, 0.5) is 0 Å². The largest absolute Gasteiger partial charge is 0.477 e. The Morgan fingerprint density at radius 1 is 1.30 bits per heavy atom. The molecule has 0 amide bonds. The Balaban J connectivity index is 2.06. The average molecular weight is 291 g/mol. The first-order valence-corrected chi connectivity index (χ1v) is 7.64. The standard InChI is InChI=1S/C16H21NO2S/c1-16(2,3)14-9-12(11-18)10-15(17-14)19-7-6-13-5-4-8-20-13/h4-5,8-10,18H,6-7,11H2,1-3H3. The molecular weight excluding hydrogens is 270 g/mol. The summed E-state index contributed by atoms with van der Waals surface area (Å²) in [7, 11) is 0. The molecule has 2 rings (SSSR count). The van der Waals surface area contributed by atoms with Gasteiger partial charge < -0.3 is 9.84 Å². The summed E-state index contributed by atoms with van der Waals surface area (Å²) >= 11 is 1.73. The zero-order chi connectivity index (χ0) is 14.6. The molecule has 0 atom stereocenters. The Morgan fingerprint density at radius 2 is 2.10 bits per heavy atom. The van der Waals surface area contributed by atoms with Crippen LogP contribution in [-0.4, -0.2) is 16.7 Å². The minimum Gasteiger partial charge on any atom is -0.477 e. The van der Waals surface area contributed by atoms with Gasteiger partial charge in [-0.3, -0.25) is 0 Å². The lowest BCUT2D eigenvalue weighted by molar-refractivity contribution is 0.276. The van der Waals surface area contributed by atoms with Gasteiger partial charge in [0.25, 0.3) is 0 Å². The zero-order valence-corrected chi connectivity index (χ0v) is 13.0. The van der Waals surface area contributed by atoms with Crippen molar-refractivity contribution in [2.75, 3.05) is 6.61 Å². The van der Waals surface area contributed by atoms with Crippen molar-refractivity contribution < 1.29 is 9.84 Å². The highest BCUT2D eigenvalue weighted by Crippen LogP contribution is 2.24. The number of pyridine rings is 1. The summed E-state index contributed by atoms with van der Waals surface area (Å²) in [6, 6.07) is 7.89. The van der Waals surface area contributed by atoms with E-state index < -0.39 is 0 Å². The van der Waals surface area contributed by atoms with E-state index in [1.165, 1.54) is 4.88 Å². The quantitative estimate of drug-likeness (QED) is 0.916. The third-order valence-electron chi connectivity index (χ3n) is 2.99. The van der Waals surface area contributed by atoms with E-state index in [9.17, 15) is 5.11 Å². The van der Waals surface area contributed by atoms with E-state index in [0.29, 0.717) is 12.5 Å². The molecule has 0 aliphatic rings. The second kappa shape index (κ2) is 6.37. The SMILES string of the molecule is CC(C)(C)c1cc(CO)cc(OCCc2cccs2)n1. The monoisotopic (exact) mass is 291 g/mol. The Bertz CT molecular complexity index is 544. The van der Waals surface area contributed by atoms with Crippen molar-refractivity contribution in [3.8, 4) is 5.88 Å². The second-order valence-electron chi connectivity index (χ2n) is 5.78. The molecule has 2 heterocycles. The summed E-state index contributed by atoms with van der Waals surface area (Å²) in [6.45, 7) is 6.92. The maximum Gasteiger partial charge on any atom is 0.213 e. The first-order chi connectivity index (χ1) is 9.49. The highest BCUT2D eigenvalue weighted by Gasteiger charge is 2.17. The molecule has 0 aliphatic carbocycles. The lowest BCUT2D eigenvalue weighted by Gasteiger charge is -2.19. The van der Waals surface area contributed by atoms with E-state index in [4.69, 9.17) is 4.74 Å². The van der Waals surface area contributed by atoms with Gasteiger partial charge in [-0.2, -0.15) is 0 Å². The van der Waals surface area contributed by atoms with E-state index in [2.05, 4.69) is 37.2 Å². The Labute approximate surface area is 124 Å². The summed E-state index contributed by atoms with van der Waals surface area (Å²) in [5.74, 6) is 0.595. The van der Waals surface area contributed by atoms with Crippen molar-refractivity contribution in [1.29, 1.82) is 0 Å². The van der Waals surface area contributed by atoms with Crippen LogP contribution in [0, 0.1) is 0 Å². The van der Waals surface area contributed by atoms with E-state index in [1.807, 2.05) is 18.2 Å². The van der Waals surface area contributed by atoms with Gasteiger partial charge in [0.1, 0.15) is 0 Å². The van der Waals surface area contributed by atoms with Crippen molar-refractivity contribution in [3.63, 3.8) is 0 Å². The Hall–Kier alpha value is -1.39. The highest BCUT2D eigenvalue weighted by atomic mass is 32.1. The topological polar surface area (TPSA) is 42.4 Å². The van der Waals surface area contributed by atoms with Crippen LogP contribution in [0.5, 0.6) is 5.88 Å². The first kappa shape index (κ1) is 15.0. The molecule has 0 saturated heterocycles. The number of hydrogen-bond donors (Lipinski definition) is 1. The number of aliphatic hydroxyl groups is 1. The molecule has 4 heteroatoms. The predicted octanol–water partition coefficient (Wildman–Crippen LogP) is 3.55. The fourth-order valence-electron chi connectivity index (χ4n) is 1.82. The van der Waals surface area contributed by atoms with Gasteiger partial charge in [0.15, 0.2) is 0 Å². The maximum absolute atomic E-state index is 9.35. The van der Waals surface area contributed by atoms with Crippen LogP contribution in [0.25, 0.3) is 0 Å². The molecule has 20 heavy (non-hydrogen) atoms. The van der Waals surface area contributed by atoms with Crippen LogP contribution in [0.1, 0.15) is 36.9 Å². The molecule has 0 aromatic carbocycles. The van der Waals surface area contributed by atoms with Crippen LogP contribution >= 0.6 is 11.3 Å². The first-order valence-electron chi connectivity index (χ1n) is 6.76. The Kier molecular flexibility index (Phi) is 4.78. The van der Waals surface area contributed by atoms with Crippen LogP contribution in [0.3, 0.4) is 0 Å². The second-order valence-corrected chi connectivity index (χ2v) is 6.82. The van der Waals surface area contributed by atoms with Gasteiger partial charge in [-0.05, 0) is 23.1 Å². The van der Waals surface area contributed by atoms with Crippen molar-refractivity contribution in [1.82, 2.24) is 4.98 Å². The molecule has 0 aliphatic heterocycles. The molecule has 0 spiro atoms. The molecule has 108 valence electrons. The average Bonchev–Trinajstić information content (AvgIpc) is 2.90. The molecule has 0 bridgehead atoms. The number of thiophene rings is 1. The number of aromatic nitrogens is 1. The molecule has 3 nitrogen and oxygen atoms in total. The maximum atomic E-state index is 9.35. The summed E-state index contributed by atoms with van der Waals surface area (Å²) in [4.78, 5) is 5.85. The van der Waals surface area contributed by atoms with Gasteiger partial charge in [0.2, 0.25) is 5.88 Å². The minimum absolute atomic E-state index is 0.00683. The normalized spacial score (nSPS) is 11.6. The molecule has 1 N–H and O–H groups in total. The molecule has 0 unspecified atom stereocenters. The Morgan fingerprint density at radius 3 is 2.70 bits per heavy atom. The highest BCUT2D eigenvalue weighted by molar-refractivity contribution is 7.09. The molecule has 2 aromatic heterocycles. The molecule has 0 radical (unpaired) electrons. The molecule has 2 aromatic rings. The number of rotatable bonds is 5. The van der Waals surface area contributed by atoms with Gasteiger partial charge in [0, 0.05) is 22.8 Å². The smallest absolute Gasteiger partial charge is 0.213 e. The van der Waals surface area contributed by atoms with Gasteiger partial charge in [-0.25, -0.2) is 4.98 Å². The summed E-state index contributed by atoms with van der Waals surface area (Å²) < 4.78 is 5.74. The third kappa shape index (κ3) is 4.05. The number of ether oxygens (including phenoxy) is 1. The molecular formula is C16H21NO2S. The van der Waals surface area contributed by atoms with Gasteiger partial charge in [-0.1, -0.05) is 26.8 Å². The van der Waals surface area contributed by atoms with Crippen molar-refractivity contribution in [2.45, 2.75) is 39.2 Å². The molecule has 0 saturated carbocycles. The van der Waals surface area contributed by atoms with Crippen LogP contribution < -0.4 is 4.74 Å². The van der Waals surface area contributed by atoms with E-state index in [-0.39, 0.29) is 12.0 Å². The van der Waals surface area contributed by atoms with Crippen LogP contribution in [-0.2, 0) is 18.4 Å². The molecule has 0 fully saturated rings. The van der Waals surface area contributed by atoms with Crippen molar-refractivity contribution in [2.24, 2.45) is 0 Å². The van der Waals surface area contributed by atoms with Crippen molar-refractivity contribution in [3.05, 3.63) is 45.8 Å². The minimum atomic E-state index is -0.0585. The number of nitrogens with zero attached hydrogens (tertiary/aromatic N) is 1. The van der Waals surface area contributed by atoms with Gasteiger partial charge in [-0.15, -0.1) is 11.3 Å². The lowest BCUT2D eigenvalue weighted by atomic mass is 9.91. The fourth-order valence-corrected chi connectivity index (χ4v) is 2.51. The van der Waals surface area contributed by atoms with Crippen LogP contribution in [0.15, 0.2) is 29.6 Å². The number of hydrogen-bond acceptors (Lipinski definition) is 4. The van der Waals surface area contributed by atoms with Crippen LogP contribution in [0.2, 0.25) is 0 Å². The van der Waals surface area contributed by atoms with Crippen molar-refractivity contribution >= 4 is 11.3 Å². The van der Waals surface area contributed by atoms with Gasteiger partial charge in [0.05, 0.1) is 18.9 Å². The summed E-state index contributed by atoms with van der Waals surface area (Å²) in [5, 5.41) is 11.4. The predicted molar refractivity (Wildman–Crippen MR) is 82.4 cm³/mol. The van der Waals surface area contributed by atoms with Gasteiger partial charge >= 0.3 is 0 Å². The van der Waals surface area contributed by atoms with E-state index in [1.54, 1.807) is 11.3 Å². The zero-order valence-electron chi connectivity index (χ0n) is 12.2. The van der Waals surface area contributed by atoms with E-state index in [0.717, 1.165) is 17.7 Å². The third-order valence-corrected chi connectivity index (χ3v) is 3.93.